The maximum absolute atomic E-state index is 12.1. The first-order chi connectivity index (χ1) is 12.0. The zero-order chi connectivity index (χ0) is 18.2. The highest BCUT2D eigenvalue weighted by molar-refractivity contribution is 7.98. The molecular formula is C18H22N2O3S2. The molecule has 1 unspecified atom stereocenters. The highest BCUT2D eigenvalue weighted by atomic mass is 32.2. The van der Waals surface area contributed by atoms with Gasteiger partial charge in [0.15, 0.2) is 6.10 Å². The zero-order valence-corrected chi connectivity index (χ0v) is 16.2. The lowest BCUT2D eigenvalue weighted by Gasteiger charge is -2.13. The van der Waals surface area contributed by atoms with Crippen molar-refractivity contribution in [3.05, 3.63) is 45.9 Å². The van der Waals surface area contributed by atoms with E-state index in [1.165, 1.54) is 0 Å². The van der Waals surface area contributed by atoms with Crippen molar-refractivity contribution in [3.63, 3.8) is 0 Å². The van der Waals surface area contributed by atoms with Gasteiger partial charge in [0.2, 0.25) is 0 Å². The van der Waals surface area contributed by atoms with Crippen LogP contribution in [0.1, 0.15) is 41.3 Å². The van der Waals surface area contributed by atoms with Crippen LogP contribution >= 0.6 is 23.1 Å². The molecule has 0 bridgehead atoms. The average molecular weight is 379 g/mol. The molecule has 1 aromatic heterocycles. The quantitative estimate of drug-likeness (QED) is 0.559. The summed E-state index contributed by atoms with van der Waals surface area (Å²) in [6, 6.07) is 7.19. The number of esters is 1. The van der Waals surface area contributed by atoms with E-state index in [4.69, 9.17) is 4.74 Å². The molecule has 0 aliphatic heterocycles. The van der Waals surface area contributed by atoms with Gasteiger partial charge in [0.1, 0.15) is 0 Å². The highest BCUT2D eigenvalue weighted by Gasteiger charge is 2.18. The van der Waals surface area contributed by atoms with Crippen LogP contribution in [0, 0.1) is 6.92 Å². The van der Waals surface area contributed by atoms with E-state index in [0.29, 0.717) is 12.1 Å². The molecular weight excluding hydrogens is 356 g/mol. The van der Waals surface area contributed by atoms with Crippen LogP contribution < -0.4 is 5.32 Å². The first kappa shape index (κ1) is 19.5. The Morgan fingerprint density at radius 2 is 2.04 bits per heavy atom. The van der Waals surface area contributed by atoms with E-state index in [1.54, 1.807) is 42.2 Å². The lowest BCUT2D eigenvalue weighted by molar-refractivity contribution is -0.129. The van der Waals surface area contributed by atoms with E-state index in [0.717, 1.165) is 27.8 Å². The molecule has 134 valence electrons. The van der Waals surface area contributed by atoms with E-state index in [-0.39, 0.29) is 5.91 Å². The predicted molar refractivity (Wildman–Crippen MR) is 101 cm³/mol. The number of benzene rings is 1. The normalized spacial score (nSPS) is 11.8. The monoisotopic (exact) mass is 378 g/mol. The number of carbonyl (C=O) groups excluding carboxylic acids is 2. The Kier molecular flexibility index (Phi) is 7.46. The maximum atomic E-state index is 12.1. The Bertz CT molecular complexity index is 713. The van der Waals surface area contributed by atoms with Gasteiger partial charge in [0.25, 0.3) is 5.91 Å². The first-order valence-electron chi connectivity index (χ1n) is 8.12. The van der Waals surface area contributed by atoms with Gasteiger partial charge in [-0.3, -0.25) is 4.79 Å². The van der Waals surface area contributed by atoms with Crippen molar-refractivity contribution in [2.75, 3.05) is 6.54 Å². The van der Waals surface area contributed by atoms with Crippen molar-refractivity contribution in [1.29, 1.82) is 0 Å². The van der Waals surface area contributed by atoms with Crippen LogP contribution in [0.3, 0.4) is 0 Å². The molecule has 0 aliphatic carbocycles. The van der Waals surface area contributed by atoms with Gasteiger partial charge in [0, 0.05) is 22.6 Å². The van der Waals surface area contributed by atoms with Gasteiger partial charge in [-0.25, -0.2) is 9.78 Å². The first-order valence-corrected chi connectivity index (χ1v) is 9.98. The maximum Gasteiger partial charge on any atom is 0.338 e. The highest BCUT2D eigenvalue weighted by Crippen LogP contribution is 2.24. The molecule has 2 rings (SSSR count). The molecule has 0 aliphatic rings. The van der Waals surface area contributed by atoms with Crippen molar-refractivity contribution in [2.45, 2.75) is 43.9 Å². The molecule has 1 atom stereocenters. The van der Waals surface area contributed by atoms with Crippen LogP contribution in [0.15, 0.2) is 34.5 Å². The molecule has 5 nitrogen and oxygen atoms in total. The summed E-state index contributed by atoms with van der Waals surface area (Å²) in [5.74, 6) is 0.0229. The summed E-state index contributed by atoms with van der Waals surface area (Å²) in [7, 11) is 0. The SMILES string of the molecule is CCCNC(=O)C(C)OC(=O)c1ccc(SCc2csc(C)n2)cc1. The number of amides is 1. The fourth-order valence-electron chi connectivity index (χ4n) is 1.99. The molecule has 1 aromatic carbocycles. The van der Waals surface area contributed by atoms with E-state index >= 15 is 0 Å². The van der Waals surface area contributed by atoms with Crippen LogP contribution in [0.25, 0.3) is 0 Å². The van der Waals surface area contributed by atoms with Crippen molar-refractivity contribution >= 4 is 35.0 Å². The van der Waals surface area contributed by atoms with Gasteiger partial charge in [0.05, 0.1) is 16.3 Å². The molecule has 0 saturated carbocycles. The topological polar surface area (TPSA) is 68.3 Å². The third-order valence-electron chi connectivity index (χ3n) is 3.35. The minimum absolute atomic E-state index is 0.277. The summed E-state index contributed by atoms with van der Waals surface area (Å²) >= 11 is 3.30. The lowest BCUT2D eigenvalue weighted by Crippen LogP contribution is -2.36. The Labute approximate surface area is 156 Å². The number of aryl methyl sites for hydroxylation is 1. The molecule has 25 heavy (non-hydrogen) atoms. The Morgan fingerprint density at radius 3 is 2.64 bits per heavy atom. The molecule has 2 aromatic rings. The van der Waals surface area contributed by atoms with Gasteiger partial charge in [-0.2, -0.15) is 0 Å². The molecule has 0 radical (unpaired) electrons. The summed E-state index contributed by atoms with van der Waals surface area (Å²) in [5, 5.41) is 5.82. The number of thiazole rings is 1. The smallest absolute Gasteiger partial charge is 0.338 e. The number of nitrogens with one attached hydrogen (secondary N) is 1. The van der Waals surface area contributed by atoms with E-state index in [9.17, 15) is 9.59 Å². The molecule has 1 N–H and O–H groups in total. The Hall–Kier alpha value is -1.86. The second-order valence-electron chi connectivity index (χ2n) is 5.51. The third kappa shape index (κ3) is 6.17. The summed E-state index contributed by atoms with van der Waals surface area (Å²) in [6.07, 6.45) is 0.0347. The summed E-state index contributed by atoms with van der Waals surface area (Å²) < 4.78 is 5.20. The number of ether oxygens (including phenoxy) is 1. The van der Waals surface area contributed by atoms with Crippen LogP contribution in [0.5, 0.6) is 0 Å². The number of aromatic nitrogens is 1. The molecule has 7 heteroatoms. The summed E-state index contributed by atoms with van der Waals surface area (Å²) in [6.45, 7) is 6.10. The largest absolute Gasteiger partial charge is 0.449 e. The van der Waals surface area contributed by atoms with Crippen LogP contribution in [0.2, 0.25) is 0 Å². The number of thioether (sulfide) groups is 1. The molecule has 0 saturated heterocycles. The van der Waals surface area contributed by atoms with Crippen LogP contribution in [0.4, 0.5) is 0 Å². The Balaban J connectivity index is 1.85. The number of hydrogen-bond acceptors (Lipinski definition) is 6. The predicted octanol–water partition coefficient (Wildman–Crippen LogP) is 3.82. The fourth-order valence-corrected chi connectivity index (χ4v) is 3.50. The summed E-state index contributed by atoms with van der Waals surface area (Å²) in [4.78, 5) is 29.3. The standard InChI is InChI=1S/C18H22N2O3S2/c1-4-9-19-17(21)12(2)23-18(22)14-5-7-16(8-6-14)25-11-15-10-24-13(3)20-15/h5-8,10,12H,4,9,11H2,1-3H3,(H,19,21). The number of carbonyl (C=O) groups is 2. The minimum Gasteiger partial charge on any atom is -0.449 e. The second kappa shape index (κ2) is 9.58. The van der Waals surface area contributed by atoms with Gasteiger partial charge in [-0.15, -0.1) is 23.1 Å². The van der Waals surface area contributed by atoms with E-state index < -0.39 is 12.1 Å². The van der Waals surface area contributed by atoms with Crippen molar-refractivity contribution < 1.29 is 14.3 Å². The van der Waals surface area contributed by atoms with Gasteiger partial charge in [-0.1, -0.05) is 6.92 Å². The third-order valence-corrected chi connectivity index (χ3v) is 5.21. The van der Waals surface area contributed by atoms with E-state index in [2.05, 4.69) is 15.7 Å². The van der Waals surface area contributed by atoms with Gasteiger partial charge in [-0.05, 0) is 44.5 Å². The van der Waals surface area contributed by atoms with Crippen molar-refractivity contribution in [1.82, 2.24) is 10.3 Å². The van der Waals surface area contributed by atoms with Gasteiger partial charge < -0.3 is 10.1 Å². The number of rotatable bonds is 8. The number of nitrogens with zero attached hydrogens (tertiary/aromatic N) is 1. The fraction of sp³-hybridized carbons (Fsp3) is 0.389. The Morgan fingerprint density at radius 1 is 1.32 bits per heavy atom. The number of hydrogen-bond donors (Lipinski definition) is 1. The summed E-state index contributed by atoms with van der Waals surface area (Å²) in [5.41, 5.74) is 1.49. The average Bonchev–Trinajstić information content (AvgIpc) is 3.03. The second-order valence-corrected chi connectivity index (χ2v) is 7.62. The van der Waals surface area contributed by atoms with E-state index in [1.807, 2.05) is 26.0 Å². The molecule has 1 amide bonds. The lowest BCUT2D eigenvalue weighted by atomic mass is 10.2. The minimum atomic E-state index is -0.805. The van der Waals surface area contributed by atoms with Crippen LogP contribution in [-0.4, -0.2) is 29.5 Å². The van der Waals surface area contributed by atoms with Crippen LogP contribution in [-0.2, 0) is 15.3 Å². The van der Waals surface area contributed by atoms with Crippen molar-refractivity contribution in [2.24, 2.45) is 0 Å². The molecule has 0 spiro atoms. The molecule has 0 fully saturated rings. The van der Waals surface area contributed by atoms with Crippen molar-refractivity contribution in [3.8, 4) is 0 Å². The van der Waals surface area contributed by atoms with Gasteiger partial charge >= 0.3 is 5.97 Å². The molecule has 1 heterocycles. The zero-order valence-electron chi connectivity index (χ0n) is 14.6.